The summed E-state index contributed by atoms with van der Waals surface area (Å²) in [6.45, 7) is 5.37. The van der Waals surface area contributed by atoms with E-state index in [2.05, 4.69) is 47.0 Å². The van der Waals surface area contributed by atoms with E-state index in [1.165, 1.54) is 6.92 Å². The number of carboxylic acid groups (broad SMARTS) is 1. The van der Waals surface area contributed by atoms with Crippen LogP contribution in [-0.2, 0) is 20.8 Å². The van der Waals surface area contributed by atoms with Crippen molar-refractivity contribution in [3.05, 3.63) is 60.2 Å². The molecule has 0 aliphatic heterocycles. The summed E-state index contributed by atoms with van der Waals surface area (Å²) in [4.78, 5) is 35.9. The van der Waals surface area contributed by atoms with Gasteiger partial charge in [-0.3, -0.25) is 19.7 Å². The monoisotopic (exact) mass is 453 g/mol. The van der Waals surface area contributed by atoms with E-state index in [1.54, 1.807) is 0 Å². The lowest BCUT2D eigenvalue weighted by Gasteiger charge is -2.24. The Bertz CT molecular complexity index is 913. The third-order valence-corrected chi connectivity index (χ3v) is 5.52. The Hall–Kier alpha value is -3.19. The van der Waals surface area contributed by atoms with Crippen molar-refractivity contribution in [1.82, 2.24) is 10.6 Å². The molecular formula is C26H35N3O4. The number of hydrogen-bond donors (Lipinski definition) is 4. The Morgan fingerprint density at radius 2 is 1.52 bits per heavy atom. The van der Waals surface area contributed by atoms with Crippen LogP contribution in [0.5, 0.6) is 0 Å². The predicted molar refractivity (Wildman–Crippen MR) is 129 cm³/mol. The molecule has 0 spiro atoms. The minimum atomic E-state index is -1.04. The summed E-state index contributed by atoms with van der Waals surface area (Å²) < 4.78 is 0. The smallest absolute Gasteiger partial charge is 0.320 e. The lowest BCUT2D eigenvalue weighted by Crippen LogP contribution is -2.54. The average molecular weight is 454 g/mol. The molecule has 5 N–H and O–H groups in total. The van der Waals surface area contributed by atoms with Gasteiger partial charge in [0.25, 0.3) is 0 Å². The number of nitrogens with one attached hydrogen (secondary N) is 2. The number of rotatable bonds is 13. The number of hydrogen-bond acceptors (Lipinski definition) is 4. The molecular weight excluding hydrogens is 418 g/mol. The van der Waals surface area contributed by atoms with Gasteiger partial charge >= 0.3 is 5.97 Å². The highest BCUT2D eigenvalue weighted by molar-refractivity contribution is 5.89. The van der Waals surface area contributed by atoms with Gasteiger partial charge in [0.2, 0.25) is 11.8 Å². The minimum Gasteiger partial charge on any atom is -0.480 e. The third-order valence-electron chi connectivity index (χ3n) is 5.52. The number of nitrogens with two attached hydrogens (primary N) is 1. The molecule has 2 aromatic carbocycles. The van der Waals surface area contributed by atoms with Gasteiger partial charge in [-0.15, -0.1) is 0 Å². The van der Waals surface area contributed by atoms with Crippen LogP contribution >= 0.6 is 0 Å². The molecule has 2 amide bonds. The molecule has 178 valence electrons. The topological polar surface area (TPSA) is 122 Å². The average Bonchev–Trinajstić information content (AvgIpc) is 2.78. The zero-order chi connectivity index (χ0) is 24.4. The van der Waals surface area contributed by atoms with Crippen LogP contribution in [0.1, 0.15) is 45.6 Å². The molecule has 0 bridgehead atoms. The fourth-order valence-corrected chi connectivity index (χ4v) is 3.66. The van der Waals surface area contributed by atoms with Gasteiger partial charge in [-0.1, -0.05) is 68.4 Å². The maximum Gasteiger partial charge on any atom is 0.320 e. The van der Waals surface area contributed by atoms with Crippen LogP contribution in [0.2, 0.25) is 0 Å². The first-order valence-electron chi connectivity index (χ1n) is 11.4. The first-order valence-corrected chi connectivity index (χ1v) is 11.4. The zero-order valence-corrected chi connectivity index (χ0v) is 19.6. The highest BCUT2D eigenvalue weighted by Crippen LogP contribution is 2.20. The Morgan fingerprint density at radius 1 is 0.909 bits per heavy atom. The molecule has 33 heavy (non-hydrogen) atoms. The van der Waals surface area contributed by atoms with E-state index >= 15 is 0 Å². The van der Waals surface area contributed by atoms with Crippen LogP contribution in [-0.4, -0.2) is 41.0 Å². The minimum absolute atomic E-state index is 0.172. The van der Waals surface area contributed by atoms with Crippen LogP contribution in [0.15, 0.2) is 54.6 Å². The van der Waals surface area contributed by atoms with E-state index in [9.17, 15) is 19.5 Å². The van der Waals surface area contributed by atoms with Gasteiger partial charge in [-0.25, -0.2) is 0 Å². The highest BCUT2D eigenvalue weighted by atomic mass is 16.4. The van der Waals surface area contributed by atoms with Crippen LogP contribution in [0, 0.1) is 5.92 Å². The lowest BCUT2D eigenvalue weighted by molar-refractivity contribution is -0.139. The van der Waals surface area contributed by atoms with Crippen molar-refractivity contribution >= 4 is 17.8 Å². The van der Waals surface area contributed by atoms with Gasteiger partial charge in [0, 0.05) is 0 Å². The molecule has 0 saturated heterocycles. The molecule has 0 saturated carbocycles. The van der Waals surface area contributed by atoms with Crippen molar-refractivity contribution in [3.8, 4) is 11.1 Å². The number of aryl methyl sites for hydroxylation is 1. The fraction of sp³-hybridized carbons (Fsp3) is 0.423. The first kappa shape index (κ1) is 26.1. The molecule has 0 aromatic heterocycles. The summed E-state index contributed by atoms with van der Waals surface area (Å²) in [7, 11) is 0. The molecule has 0 radical (unpaired) electrons. The fourth-order valence-electron chi connectivity index (χ4n) is 3.66. The van der Waals surface area contributed by atoms with E-state index in [0.717, 1.165) is 23.1 Å². The number of benzene rings is 2. The zero-order valence-electron chi connectivity index (χ0n) is 19.6. The second kappa shape index (κ2) is 12.7. The molecule has 3 atom stereocenters. The van der Waals surface area contributed by atoms with Crippen molar-refractivity contribution in [2.45, 2.75) is 64.6 Å². The van der Waals surface area contributed by atoms with E-state index < -0.39 is 35.9 Å². The van der Waals surface area contributed by atoms with Crippen molar-refractivity contribution < 1.29 is 19.5 Å². The SMILES string of the molecule is CC(C)CC(NC(=O)C(CCCc1ccc(-c2ccccc2)cc1)NC(C)C(=O)O)C(N)=O. The number of primary amides is 1. The van der Waals surface area contributed by atoms with Gasteiger partial charge in [-0.05, 0) is 55.2 Å². The molecule has 0 aliphatic rings. The number of aliphatic carboxylic acids is 1. The van der Waals surface area contributed by atoms with Gasteiger partial charge in [0.1, 0.15) is 12.1 Å². The standard InChI is InChI=1S/C26H35N3O4/c1-17(2)16-23(24(27)30)29-25(31)22(28-18(3)26(32)33)11-7-8-19-12-14-21(15-13-19)20-9-5-4-6-10-20/h4-6,9-10,12-15,17-18,22-23,28H,7-8,11,16H2,1-3H3,(H2,27,30)(H,29,31)(H,32,33). The van der Waals surface area contributed by atoms with Gasteiger partial charge in [-0.2, -0.15) is 0 Å². The summed E-state index contributed by atoms with van der Waals surface area (Å²) in [5, 5.41) is 14.8. The molecule has 0 aliphatic carbocycles. The lowest BCUT2D eigenvalue weighted by atomic mass is 9.99. The molecule has 2 aromatic rings. The number of amides is 2. The molecule has 3 unspecified atom stereocenters. The Morgan fingerprint density at radius 3 is 2.06 bits per heavy atom. The summed E-state index contributed by atoms with van der Waals surface area (Å²) in [5.74, 6) is -1.88. The molecule has 7 nitrogen and oxygen atoms in total. The number of carboxylic acids is 1. The highest BCUT2D eigenvalue weighted by Gasteiger charge is 2.27. The Kier molecular flexibility index (Phi) is 10.1. The maximum atomic E-state index is 12.9. The summed E-state index contributed by atoms with van der Waals surface area (Å²) >= 11 is 0. The molecule has 2 rings (SSSR count). The van der Waals surface area contributed by atoms with Crippen molar-refractivity contribution in [2.75, 3.05) is 0 Å². The van der Waals surface area contributed by atoms with Crippen molar-refractivity contribution in [2.24, 2.45) is 11.7 Å². The van der Waals surface area contributed by atoms with Crippen molar-refractivity contribution in [1.29, 1.82) is 0 Å². The molecule has 7 heteroatoms. The van der Waals surface area contributed by atoms with Crippen LogP contribution in [0.4, 0.5) is 0 Å². The largest absolute Gasteiger partial charge is 0.480 e. The van der Waals surface area contributed by atoms with Gasteiger partial charge in [0.15, 0.2) is 0 Å². The van der Waals surface area contributed by atoms with E-state index in [0.29, 0.717) is 19.3 Å². The number of carbonyl (C=O) groups excluding carboxylic acids is 2. The Balaban J connectivity index is 2.00. The Labute approximate surface area is 195 Å². The number of carbonyl (C=O) groups is 3. The quantitative estimate of drug-likeness (QED) is 0.371. The third kappa shape index (κ3) is 8.69. The van der Waals surface area contributed by atoms with Gasteiger partial charge in [0.05, 0.1) is 6.04 Å². The summed E-state index contributed by atoms with van der Waals surface area (Å²) in [5.41, 5.74) is 8.87. The van der Waals surface area contributed by atoms with Crippen LogP contribution in [0.3, 0.4) is 0 Å². The van der Waals surface area contributed by atoms with Crippen molar-refractivity contribution in [3.63, 3.8) is 0 Å². The summed E-state index contributed by atoms with van der Waals surface area (Å²) in [6.07, 6.45) is 2.27. The molecule has 0 fully saturated rings. The van der Waals surface area contributed by atoms with Gasteiger partial charge < -0.3 is 16.2 Å². The second-order valence-corrected chi connectivity index (χ2v) is 8.83. The normalized spacial score (nSPS) is 13.8. The summed E-state index contributed by atoms with van der Waals surface area (Å²) in [6, 6.07) is 16.0. The van der Waals surface area contributed by atoms with Crippen LogP contribution in [0.25, 0.3) is 11.1 Å². The second-order valence-electron chi connectivity index (χ2n) is 8.83. The predicted octanol–water partition coefficient (Wildman–Crippen LogP) is 3.12. The maximum absolute atomic E-state index is 12.9. The molecule has 0 heterocycles. The first-order chi connectivity index (χ1) is 15.7. The van der Waals surface area contributed by atoms with E-state index in [4.69, 9.17) is 5.73 Å². The van der Waals surface area contributed by atoms with Crippen LogP contribution < -0.4 is 16.4 Å². The van der Waals surface area contributed by atoms with E-state index in [-0.39, 0.29) is 5.92 Å². The van der Waals surface area contributed by atoms with E-state index in [1.807, 2.05) is 32.0 Å².